The summed E-state index contributed by atoms with van der Waals surface area (Å²) in [5.41, 5.74) is 1.72. The third-order valence-electron chi connectivity index (χ3n) is 2.13. The van der Waals surface area contributed by atoms with E-state index in [2.05, 4.69) is 10.5 Å². The fourth-order valence-electron chi connectivity index (χ4n) is 1.39. The van der Waals surface area contributed by atoms with Crippen LogP contribution in [0.2, 0.25) is 5.02 Å². The first-order valence-electron chi connectivity index (χ1n) is 4.75. The van der Waals surface area contributed by atoms with Crippen molar-refractivity contribution >= 4 is 28.7 Å². The molecule has 0 radical (unpaired) electrons. The molecule has 0 atom stereocenters. The summed E-state index contributed by atoms with van der Waals surface area (Å²) < 4.78 is 0. The first-order valence-corrected chi connectivity index (χ1v) is 5.13. The molecule has 0 aliphatic rings. The highest BCUT2D eigenvalue weighted by atomic mass is 35.5. The van der Waals surface area contributed by atoms with Gasteiger partial charge >= 0.3 is 0 Å². The van der Waals surface area contributed by atoms with Crippen LogP contribution in [0, 0.1) is 4.91 Å². The van der Waals surface area contributed by atoms with E-state index in [0.717, 1.165) is 5.69 Å². The topological polar surface area (TPSA) is 41.5 Å². The Balaban J connectivity index is 2.35. The van der Waals surface area contributed by atoms with Crippen LogP contribution in [0.1, 0.15) is 0 Å². The summed E-state index contributed by atoms with van der Waals surface area (Å²) in [6.45, 7) is 0. The van der Waals surface area contributed by atoms with Gasteiger partial charge in [-0.15, -0.1) is 4.91 Å². The summed E-state index contributed by atoms with van der Waals surface area (Å²) in [5.74, 6) is 0. The van der Waals surface area contributed by atoms with E-state index < -0.39 is 0 Å². The van der Waals surface area contributed by atoms with Crippen molar-refractivity contribution in [2.45, 2.75) is 0 Å². The number of hydrogen-bond donors (Lipinski definition) is 1. The highest BCUT2D eigenvalue weighted by molar-refractivity contribution is 6.33. The molecule has 0 amide bonds. The Kier molecular flexibility index (Phi) is 3.17. The standard InChI is InChI=1S/C12H9ClN2O/c13-10-7-4-8-11(12(10)15-16)14-9-5-2-1-3-6-9/h1-8,14H. The number of benzene rings is 2. The van der Waals surface area contributed by atoms with Crippen molar-refractivity contribution < 1.29 is 0 Å². The van der Waals surface area contributed by atoms with E-state index in [1.165, 1.54) is 0 Å². The second kappa shape index (κ2) is 4.77. The molecule has 0 aromatic heterocycles. The quantitative estimate of drug-likeness (QED) is 0.793. The Labute approximate surface area is 98.0 Å². The molecule has 0 aliphatic heterocycles. The SMILES string of the molecule is O=Nc1c(Cl)cccc1Nc1ccccc1. The van der Waals surface area contributed by atoms with Crippen LogP contribution >= 0.6 is 11.6 Å². The van der Waals surface area contributed by atoms with Gasteiger partial charge in [-0.1, -0.05) is 35.9 Å². The molecular formula is C12H9ClN2O. The third-order valence-corrected chi connectivity index (χ3v) is 2.44. The van der Waals surface area contributed by atoms with Gasteiger partial charge in [0.25, 0.3) is 0 Å². The molecule has 0 heterocycles. The number of nitrogens with zero attached hydrogens (tertiary/aromatic N) is 1. The minimum absolute atomic E-state index is 0.230. The highest BCUT2D eigenvalue weighted by Crippen LogP contribution is 2.34. The summed E-state index contributed by atoms with van der Waals surface area (Å²) in [6, 6.07) is 14.7. The second-order valence-electron chi connectivity index (χ2n) is 3.22. The van der Waals surface area contributed by atoms with Crippen molar-refractivity contribution in [3.8, 4) is 0 Å². The van der Waals surface area contributed by atoms with E-state index in [9.17, 15) is 4.91 Å². The average Bonchev–Trinajstić information content (AvgIpc) is 2.31. The molecule has 0 bridgehead atoms. The molecule has 0 saturated carbocycles. The number of rotatable bonds is 3. The maximum atomic E-state index is 10.7. The van der Waals surface area contributed by atoms with Gasteiger partial charge in [0, 0.05) is 5.69 Å². The van der Waals surface area contributed by atoms with E-state index in [1.54, 1.807) is 18.2 Å². The van der Waals surface area contributed by atoms with Crippen molar-refractivity contribution in [2.75, 3.05) is 5.32 Å². The molecule has 1 N–H and O–H groups in total. The number of hydrogen-bond acceptors (Lipinski definition) is 3. The summed E-state index contributed by atoms with van der Waals surface area (Å²) >= 11 is 5.86. The first-order chi connectivity index (χ1) is 7.81. The molecule has 0 aliphatic carbocycles. The Morgan fingerprint density at radius 3 is 2.44 bits per heavy atom. The average molecular weight is 233 g/mol. The lowest BCUT2D eigenvalue weighted by molar-refractivity contribution is 1.46. The first kappa shape index (κ1) is 10.6. The lowest BCUT2D eigenvalue weighted by atomic mass is 10.2. The van der Waals surface area contributed by atoms with Gasteiger partial charge in [0.15, 0.2) is 0 Å². The van der Waals surface area contributed by atoms with Crippen molar-refractivity contribution in [2.24, 2.45) is 5.18 Å². The van der Waals surface area contributed by atoms with Crippen molar-refractivity contribution in [3.63, 3.8) is 0 Å². The van der Waals surface area contributed by atoms with E-state index in [4.69, 9.17) is 11.6 Å². The Morgan fingerprint density at radius 2 is 1.75 bits per heavy atom. The van der Waals surface area contributed by atoms with Crippen molar-refractivity contribution in [3.05, 3.63) is 58.5 Å². The van der Waals surface area contributed by atoms with Crippen molar-refractivity contribution in [1.82, 2.24) is 0 Å². The van der Waals surface area contributed by atoms with Gasteiger partial charge in [-0.25, -0.2) is 0 Å². The van der Waals surface area contributed by atoms with E-state index in [0.29, 0.717) is 10.7 Å². The maximum absolute atomic E-state index is 10.7. The van der Waals surface area contributed by atoms with Gasteiger partial charge in [-0.2, -0.15) is 0 Å². The zero-order valence-corrected chi connectivity index (χ0v) is 9.11. The fraction of sp³-hybridized carbons (Fsp3) is 0. The van der Waals surface area contributed by atoms with Crippen LogP contribution in [-0.4, -0.2) is 0 Å². The van der Waals surface area contributed by atoms with Crippen molar-refractivity contribution in [1.29, 1.82) is 0 Å². The zero-order valence-electron chi connectivity index (χ0n) is 8.35. The van der Waals surface area contributed by atoms with Crippen LogP contribution in [-0.2, 0) is 0 Å². The predicted molar refractivity (Wildman–Crippen MR) is 66.6 cm³/mol. The number of nitroso groups, excluding NO2 is 1. The molecule has 0 unspecified atom stereocenters. The second-order valence-corrected chi connectivity index (χ2v) is 3.63. The van der Waals surface area contributed by atoms with Gasteiger partial charge in [0.2, 0.25) is 0 Å². The summed E-state index contributed by atoms with van der Waals surface area (Å²) in [7, 11) is 0. The number of anilines is 2. The molecule has 0 saturated heterocycles. The highest BCUT2D eigenvalue weighted by Gasteiger charge is 2.06. The van der Waals surface area contributed by atoms with Gasteiger partial charge in [-0.3, -0.25) is 0 Å². The molecule has 2 aromatic carbocycles. The van der Waals surface area contributed by atoms with E-state index in [-0.39, 0.29) is 5.69 Å². The molecule has 80 valence electrons. The molecule has 3 nitrogen and oxygen atoms in total. The van der Waals surface area contributed by atoms with Gasteiger partial charge in [-0.05, 0) is 29.4 Å². The van der Waals surface area contributed by atoms with Crippen LogP contribution < -0.4 is 5.32 Å². The van der Waals surface area contributed by atoms with Crippen LogP contribution in [0.3, 0.4) is 0 Å². The van der Waals surface area contributed by atoms with Crippen LogP contribution in [0.5, 0.6) is 0 Å². The van der Waals surface area contributed by atoms with Crippen LogP contribution in [0.4, 0.5) is 17.1 Å². The molecule has 4 heteroatoms. The molecule has 16 heavy (non-hydrogen) atoms. The van der Waals surface area contributed by atoms with E-state index in [1.807, 2.05) is 30.3 Å². The minimum Gasteiger partial charge on any atom is -0.354 e. The largest absolute Gasteiger partial charge is 0.354 e. The molecular weight excluding hydrogens is 224 g/mol. The third kappa shape index (κ3) is 2.20. The van der Waals surface area contributed by atoms with Crippen LogP contribution in [0.25, 0.3) is 0 Å². The van der Waals surface area contributed by atoms with Crippen LogP contribution in [0.15, 0.2) is 53.7 Å². The molecule has 0 fully saturated rings. The monoisotopic (exact) mass is 232 g/mol. The Morgan fingerprint density at radius 1 is 1.00 bits per heavy atom. The predicted octanol–water partition coefficient (Wildman–Crippen LogP) is 4.48. The lowest BCUT2D eigenvalue weighted by Crippen LogP contribution is -1.90. The lowest BCUT2D eigenvalue weighted by Gasteiger charge is -2.08. The fourth-order valence-corrected chi connectivity index (χ4v) is 1.60. The summed E-state index contributed by atoms with van der Waals surface area (Å²) in [6.07, 6.45) is 0. The zero-order chi connectivity index (χ0) is 11.4. The minimum atomic E-state index is 0.230. The Hall–Kier alpha value is -1.87. The Bertz CT molecular complexity index is 500. The number of halogens is 1. The summed E-state index contributed by atoms with van der Waals surface area (Å²) in [5, 5.41) is 6.35. The van der Waals surface area contributed by atoms with Gasteiger partial charge in [0.1, 0.15) is 5.69 Å². The normalized spacial score (nSPS) is 9.81. The molecule has 0 spiro atoms. The smallest absolute Gasteiger partial charge is 0.149 e. The molecule has 2 aromatic rings. The number of para-hydroxylation sites is 1. The molecule has 2 rings (SSSR count). The van der Waals surface area contributed by atoms with Gasteiger partial charge in [0.05, 0.1) is 10.7 Å². The van der Waals surface area contributed by atoms with E-state index >= 15 is 0 Å². The maximum Gasteiger partial charge on any atom is 0.149 e. The summed E-state index contributed by atoms with van der Waals surface area (Å²) in [4.78, 5) is 10.7. The van der Waals surface area contributed by atoms with Gasteiger partial charge < -0.3 is 5.32 Å². The number of nitrogens with one attached hydrogen (secondary N) is 1.